The largest absolute Gasteiger partial charge is 0.463 e. The first-order valence-electron chi connectivity index (χ1n) is 13.0. The predicted molar refractivity (Wildman–Crippen MR) is 135 cm³/mol. The van der Waals surface area contributed by atoms with Crippen LogP contribution in [0.3, 0.4) is 0 Å². The minimum absolute atomic E-state index is 0.157. The second-order valence-corrected chi connectivity index (χ2v) is 10.5. The van der Waals surface area contributed by atoms with Gasteiger partial charge in [0, 0.05) is 18.6 Å². The van der Waals surface area contributed by atoms with E-state index in [1.54, 1.807) is 0 Å². The van der Waals surface area contributed by atoms with Gasteiger partial charge in [-0.2, -0.15) is 8.42 Å². The Kier molecular flexibility index (Phi) is 19.0. The van der Waals surface area contributed by atoms with Crippen molar-refractivity contribution in [2.24, 2.45) is 0 Å². The number of nitrogens with zero attached hydrogens (tertiary/aromatic N) is 1. The molecule has 0 aromatic rings. The first-order chi connectivity index (χ1) is 16.2. The highest BCUT2D eigenvalue weighted by molar-refractivity contribution is 7.85. The lowest BCUT2D eigenvalue weighted by atomic mass is 10.1. The van der Waals surface area contributed by atoms with Crippen LogP contribution in [0.1, 0.15) is 91.4 Å². The highest BCUT2D eigenvalue weighted by atomic mass is 32.2. The van der Waals surface area contributed by atoms with Gasteiger partial charge in [-0.15, -0.1) is 0 Å². The van der Waals surface area contributed by atoms with E-state index in [0.29, 0.717) is 30.6 Å². The highest BCUT2D eigenvalue weighted by Crippen LogP contribution is 2.11. The maximum absolute atomic E-state index is 11.9. The molecule has 0 aliphatic rings. The summed E-state index contributed by atoms with van der Waals surface area (Å²) in [5, 5.41) is 0. The SMILES string of the molecule is CCCCCCCCCCCCOC(=O)/C=C\C(=O)OCC[N+](CC)(CC)CCCS(=O)(=O)O. The zero-order chi connectivity index (χ0) is 25.7. The van der Waals surface area contributed by atoms with E-state index in [4.69, 9.17) is 14.0 Å². The Hall–Kier alpha value is -1.45. The van der Waals surface area contributed by atoms with Crippen LogP contribution in [-0.2, 0) is 29.2 Å². The molecule has 0 atom stereocenters. The van der Waals surface area contributed by atoms with Gasteiger partial charge in [-0.05, 0) is 20.3 Å². The summed E-state index contributed by atoms with van der Waals surface area (Å²) in [6.07, 6.45) is 14.6. The molecule has 0 rings (SSSR count). The molecule has 0 aromatic heterocycles. The monoisotopic (exact) mass is 506 g/mol. The number of ether oxygens (including phenoxy) is 2. The third-order valence-corrected chi connectivity index (χ3v) is 7.09. The summed E-state index contributed by atoms with van der Waals surface area (Å²) in [5.74, 6) is -1.44. The van der Waals surface area contributed by atoms with Crippen molar-refractivity contribution in [3.8, 4) is 0 Å². The van der Waals surface area contributed by atoms with Crippen LogP contribution < -0.4 is 0 Å². The van der Waals surface area contributed by atoms with Gasteiger partial charge in [0.2, 0.25) is 0 Å². The molecule has 1 N–H and O–H groups in total. The Bertz CT molecular complexity index is 673. The molecule has 8 nitrogen and oxygen atoms in total. The molecule has 0 spiro atoms. The lowest BCUT2D eigenvalue weighted by Gasteiger charge is -2.36. The Morgan fingerprint density at radius 2 is 1.18 bits per heavy atom. The summed E-state index contributed by atoms with van der Waals surface area (Å²) in [6.45, 7) is 9.30. The molecule has 200 valence electrons. The summed E-state index contributed by atoms with van der Waals surface area (Å²) in [6, 6.07) is 0. The van der Waals surface area contributed by atoms with E-state index in [0.717, 1.165) is 44.5 Å². The van der Waals surface area contributed by atoms with E-state index in [1.807, 2.05) is 13.8 Å². The summed E-state index contributed by atoms with van der Waals surface area (Å²) >= 11 is 0. The third-order valence-electron chi connectivity index (χ3n) is 6.28. The summed E-state index contributed by atoms with van der Waals surface area (Å²) < 4.78 is 41.7. The average molecular weight is 507 g/mol. The predicted octanol–water partition coefficient (Wildman–Crippen LogP) is 4.68. The van der Waals surface area contributed by atoms with Crippen molar-refractivity contribution in [1.29, 1.82) is 0 Å². The third kappa shape index (κ3) is 18.9. The minimum Gasteiger partial charge on any atom is -0.463 e. The van der Waals surface area contributed by atoms with Crippen LogP contribution in [0.4, 0.5) is 0 Å². The molecule has 0 bridgehead atoms. The zero-order valence-corrected chi connectivity index (χ0v) is 22.5. The topological polar surface area (TPSA) is 107 Å². The molecule has 0 radical (unpaired) electrons. The van der Waals surface area contributed by atoms with Crippen LogP contribution in [0.25, 0.3) is 0 Å². The fourth-order valence-corrected chi connectivity index (χ4v) is 4.38. The molecule has 0 saturated heterocycles. The van der Waals surface area contributed by atoms with Crippen LogP contribution in [0.2, 0.25) is 0 Å². The number of hydrogen-bond acceptors (Lipinski definition) is 6. The van der Waals surface area contributed by atoms with Gasteiger partial charge in [0.05, 0.1) is 32.0 Å². The molecule has 0 unspecified atom stereocenters. The van der Waals surface area contributed by atoms with Crippen molar-refractivity contribution in [1.82, 2.24) is 0 Å². The number of unbranched alkanes of at least 4 members (excludes halogenated alkanes) is 9. The lowest BCUT2D eigenvalue weighted by molar-refractivity contribution is -0.925. The molecular formula is C25H48NO7S+. The number of quaternary nitrogens is 1. The van der Waals surface area contributed by atoms with Crippen LogP contribution in [0.5, 0.6) is 0 Å². The highest BCUT2D eigenvalue weighted by Gasteiger charge is 2.24. The maximum Gasteiger partial charge on any atom is 0.331 e. The van der Waals surface area contributed by atoms with Crippen LogP contribution in [0, 0.1) is 0 Å². The van der Waals surface area contributed by atoms with Crippen molar-refractivity contribution in [3.63, 3.8) is 0 Å². The van der Waals surface area contributed by atoms with Crippen LogP contribution >= 0.6 is 0 Å². The van der Waals surface area contributed by atoms with E-state index in [9.17, 15) is 18.0 Å². The smallest absolute Gasteiger partial charge is 0.331 e. The number of rotatable bonds is 22. The lowest BCUT2D eigenvalue weighted by Crippen LogP contribution is -2.50. The number of likely N-dealkylation sites (N-methyl/N-ethyl adjacent to an activating group) is 1. The van der Waals surface area contributed by atoms with E-state index in [1.165, 1.54) is 44.9 Å². The summed E-state index contributed by atoms with van der Waals surface area (Å²) in [4.78, 5) is 23.6. The van der Waals surface area contributed by atoms with Gasteiger partial charge >= 0.3 is 11.9 Å². The molecule has 0 aromatic carbocycles. The molecule has 0 heterocycles. The minimum atomic E-state index is -3.98. The maximum atomic E-state index is 11.9. The Balaban J connectivity index is 3.96. The fraction of sp³-hybridized carbons (Fsp3) is 0.840. The van der Waals surface area contributed by atoms with Crippen LogP contribution in [0.15, 0.2) is 12.2 Å². The Morgan fingerprint density at radius 3 is 1.65 bits per heavy atom. The molecule has 9 heteroatoms. The quantitative estimate of drug-likeness (QED) is 0.0746. The van der Waals surface area contributed by atoms with E-state index < -0.39 is 22.1 Å². The second kappa shape index (κ2) is 19.8. The van der Waals surface area contributed by atoms with E-state index in [2.05, 4.69) is 6.92 Å². The standard InChI is InChI=1S/C25H47NO7S/c1-4-7-8-9-10-11-12-13-14-15-21-32-24(27)17-18-25(28)33-22-20-26(5-2,6-3)19-16-23-34(29,30)31/h17-18H,4-16,19-23H2,1-3H3/p+1/b18-17-. The molecular weight excluding hydrogens is 458 g/mol. The van der Waals surface area contributed by atoms with Gasteiger partial charge in [0.15, 0.2) is 0 Å². The number of carbonyl (C=O) groups excluding carboxylic acids is 2. The molecule has 0 aliphatic heterocycles. The van der Waals surface area contributed by atoms with Crippen molar-refractivity contribution in [2.75, 3.05) is 45.1 Å². The van der Waals surface area contributed by atoms with Crippen molar-refractivity contribution in [2.45, 2.75) is 91.4 Å². The fourth-order valence-electron chi connectivity index (χ4n) is 3.88. The van der Waals surface area contributed by atoms with Gasteiger partial charge in [-0.25, -0.2) is 9.59 Å². The molecule has 0 aliphatic carbocycles. The number of hydrogen-bond donors (Lipinski definition) is 1. The molecule has 0 amide bonds. The van der Waals surface area contributed by atoms with Gasteiger partial charge in [0.1, 0.15) is 13.2 Å². The molecule has 0 saturated carbocycles. The normalized spacial score (nSPS) is 12.2. The zero-order valence-electron chi connectivity index (χ0n) is 21.6. The van der Waals surface area contributed by atoms with Crippen molar-refractivity contribution < 1.29 is 36.5 Å². The van der Waals surface area contributed by atoms with Crippen molar-refractivity contribution >= 4 is 22.1 Å². The molecule has 0 fully saturated rings. The van der Waals surface area contributed by atoms with E-state index in [-0.39, 0.29) is 12.4 Å². The summed E-state index contributed by atoms with van der Waals surface area (Å²) in [5.41, 5.74) is 0. The van der Waals surface area contributed by atoms with Gasteiger partial charge in [0.25, 0.3) is 10.1 Å². The first kappa shape index (κ1) is 32.5. The van der Waals surface area contributed by atoms with E-state index >= 15 is 0 Å². The Morgan fingerprint density at radius 1 is 0.706 bits per heavy atom. The number of esters is 2. The molecule has 34 heavy (non-hydrogen) atoms. The first-order valence-corrected chi connectivity index (χ1v) is 14.6. The number of carbonyl (C=O) groups is 2. The summed E-state index contributed by atoms with van der Waals surface area (Å²) in [7, 11) is -3.98. The Labute approximate surface area is 207 Å². The van der Waals surface area contributed by atoms with Gasteiger partial charge < -0.3 is 14.0 Å². The van der Waals surface area contributed by atoms with Gasteiger partial charge in [-0.3, -0.25) is 4.55 Å². The van der Waals surface area contributed by atoms with Crippen molar-refractivity contribution in [3.05, 3.63) is 12.2 Å². The average Bonchev–Trinajstić information content (AvgIpc) is 2.79. The van der Waals surface area contributed by atoms with Crippen LogP contribution in [-0.4, -0.2) is 74.5 Å². The second-order valence-electron chi connectivity index (χ2n) is 8.91. The van der Waals surface area contributed by atoms with Gasteiger partial charge in [-0.1, -0.05) is 64.7 Å².